The first-order valence-corrected chi connectivity index (χ1v) is 10.5. The standard InChI is InChI=1S/C20H28O3Se/c1-4-6-7-8-12-15-18(21)19(16(3)20(22)23-5-2)24-17-13-10-9-11-14-17/h9-11,13-14H,4-8,12,15H2,1-3H3. The number of ketones is 1. The topological polar surface area (TPSA) is 43.4 Å². The zero-order valence-corrected chi connectivity index (χ0v) is 16.7. The van der Waals surface area contributed by atoms with E-state index in [2.05, 4.69) is 6.92 Å². The van der Waals surface area contributed by atoms with Crippen LogP contribution in [0.2, 0.25) is 0 Å². The average Bonchev–Trinajstić information content (AvgIpc) is 2.60. The molecule has 1 rings (SSSR count). The van der Waals surface area contributed by atoms with E-state index < -0.39 is 0 Å². The average molecular weight is 395 g/mol. The fraction of sp³-hybridized carbons (Fsp3) is 0.500. The fourth-order valence-electron chi connectivity index (χ4n) is 2.28. The van der Waals surface area contributed by atoms with E-state index in [0.717, 1.165) is 17.3 Å². The van der Waals surface area contributed by atoms with Crippen LogP contribution in [0.15, 0.2) is 40.4 Å². The van der Waals surface area contributed by atoms with Crippen LogP contribution in [0.3, 0.4) is 0 Å². The molecule has 24 heavy (non-hydrogen) atoms. The predicted molar refractivity (Wildman–Crippen MR) is 99.5 cm³/mol. The van der Waals surface area contributed by atoms with Crippen molar-refractivity contribution >= 4 is 31.2 Å². The first-order chi connectivity index (χ1) is 11.6. The third kappa shape index (κ3) is 7.46. The van der Waals surface area contributed by atoms with Crippen LogP contribution >= 0.6 is 0 Å². The van der Waals surface area contributed by atoms with Gasteiger partial charge in [-0.15, -0.1) is 0 Å². The van der Waals surface area contributed by atoms with Crippen molar-refractivity contribution in [3.63, 3.8) is 0 Å². The molecule has 0 aliphatic carbocycles. The van der Waals surface area contributed by atoms with Gasteiger partial charge in [0.25, 0.3) is 0 Å². The number of ether oxygens (including phenoxy) is 1. The third-order valence-electron chi connectivity index (χ3n) is 3.65. The van der Waals surface area contributed by atoms with Gasteiger partial charge in [0.2, 0.25) is 0 Å². The minimum absolute atomic E-state index is 0.0981. The van der Waals surface area contributed by atoms with Gasteiger partial charge in [-0.3, -0.25) is 0 Å². The van der Waals surface area contributed by atoms with E-state index in [1.807, 2.05) is 30.3 Å². The van der Waals surface area contributed by atoms with E-state index in [9.17, 15) is 9.59 Å². The molecule has 0 spiro atoms. The first kappa shape index (κ1) is 20.7. The summed E-state index contributed by atoms with van der Waals surface area (Å²) < 4.78 is 6.85. The van der Waals surface area contributed by atoms with Crippen LogP contribution < -0.4 is 4.46 Å². The Labute approximate surface area is 152 Å². The molecule has 0 aliphatic rings. The van der Waals surface area contributed by atoms with E-state index in [1.165, 1.54) is 19.3 Å². The second-order valence-electron chi connectivity index (χ2n) is 5.68. The van der Waals surface area contributed by atoms with E-state index in [1.54, 1.807) is 13.8 Å². The van der Waals surface area contributed by atoms with Gasteiger partial charge >= 0.3 is 152 Å². The maximum atomic E-state index is 12.7. The minimum atomic E-state index is -0.371. The second-order valence-corrected chi connectivity index (χ2v) is 7.95. The number of rotatable bonds is 11. The summed E-state index contributed by atoms with van der Waals surface area (Å²) in [5.74, 6) is -0.273. The summed E-state index contributed by atoms with van der Waals surface area (Å²) in [7, 11) is 0. The van der Waals surface area contributed by atoms with Crippen LogP contribution in [0.1, 0.15) is 59.3 Å². The molecular weight excluding hydrogens is 367 g/mol. The summed E-state index contributed by atoms with van der Waals surface area (Å²) >= 11 is -0.168. The molecule has 0 unspecified atom stereocenters. The second kappa shape index (κ2) is 12.0. The summed E-state index contributed by atoms with van der Waals surface area (Å²) in [6.07, 6.45) is 6.06. The fourth-order valence-corrected chi connectivity index (χ4v) is 4.34. The number of unbranched alkanes of at least 4 members (excludes halogenated alkanes) is 4. The van der Waals surface area contributed by atoms with Crippen molar-refractivity contribution < 1.29 is 14.3 Å². The Morgan fingerprint density at radius 3 is 2.29 bits per heavy atom. The van der Waals surface area contributed by atoms with Crippen molar-refractivity contribution in [2.24, 2.45) is 0 Å². The molecule has 3 nitrogen and oxygen atoms in total. The molecule has 1 aromatic carbocycles. The summed E-state index contributed by atoms with van der Waals surface area (Å²) in [6, 6.07) is 9.89. The number of Topliss-reactive ketones (excluding diaryl/α,β-unsaturated/α-hetero) is 1. The molecule has 1 aromatic rings. The Morgan fingerprint density at radius 1 is 1.00 bits per heavy atom. The summed E-state index contributed by atoms with van der Waals surface area (Å²) in [4.78, 5) is 24.8. The maximum absolute atomic E-state index is 12.7. The summed E-state index contributed by atoms with van der Waals surface area (Å²) in [5.41, 5.74) is 0.472. The number of carbonyl (C=O) groups is 2. The van der Waals surface area contributed by atoms with Gasteiger partial charge in [-0.1, -0.05) is 0 Å². The SMILES string of the molecule is CCCCCCCC(=O)C([Se]c1ccccc1)=C(C)C(=O)OCC. The number of allylic oxidation sites excluding steroid dienone is 1. The van der Waals surface area contributed by atoms with Crippen LogP contribution in [0.5, 0.6) is 0 Å². The van der Waals surface area contributed by atoms with Gasteiger partial charge < -0.3 is 0 Å². The Balaban J connectivity index is 2.82. The van der Waals surface area contributed by atoms with Crippen molar-refractivity contribution in [1.29, 1.82) is 0 Å². The summed E-state index contributed by atoms with van der Waals surface area (Å²) in [5, 5.41) is 0. The van der Waals surface area contributed by atoms with Gasteiger partial charge in [-0.05, 0) is 0 Å². The van der Waals surface area contributed by atoms with Crippen molar-refractivity contribution in [2.75, 3.05) is 6.61 Å². The molecule has 0 bridgehead atoms. The number of carbonyl (C=O) groups excluding carboxylic acids is 2. The van der Waals surface area contributed by atoms with Gasteiger partial charge in [-0.2, -0.15) is 0 Å². The molecule has 0 atom stereocenters. The van der Waals surface area contributed by atoms with Gasteiger partial charge in [0.1, 0.15) is 0 Å². The van der Waals surface area contributed by atoms with E-state index in [0.29, 0.717) is 23.1 Å². The number of esters is 1. The van der Waals surface area contributed by atoms with Gasteiger partial charge in [0.05, 0.1) is 0 Å². The van der Waals surface area contributed by atoms with Crippen LogP contribution in [0, 0.1) is 0 Å². The molecule has 0 N–H and O–H groups in total. The molecule has 4 heteroatoms. The van der Waals surface area contributed by atoms with E-state index in [-0.39, 0.29) is 26.7 Å². The van der Waals surface area contributed by atoms with Gasteiger partial charge in [0.15, 0.2) is 0 Å². The summed E-state index contributed by atoms with van der Waals surface area (Å²) in [6.45, 7) is 6.00. The van der Waals surface area contributed by atoms with Crippen molar-refractivity contribution in [3.05, 3.63) is 40.4 Å². The third-order valence-corrected chi connectivity index (χ3v) is 6.26. The van der Waals surface area contributed by atoms with Crippen molar-refractivity contribution in [3.8, 4) is 0 Å². The monoisotopic (exact) mass is 396 g/mol. The van der Waals surface area contributed by atoms with Gasteiger partial charge in [0, 0.05) is 0 Å². The molecule has 0 saturated heterocycles. The number of benzene rings is 1. The number of hydrogen-bond acceptors (Lipinski definition) is 3. The Kier molecular flexibility index (Phi) is 10.4. The molecule has 132 valence electrons. The first-order valence-electron chi connectivity index (χ1n) is 8.74. The quantitative estimate of drug-likeness (QED) is 0.248. The van der Waals surface area contributed by atoms with Crippen molar-refractivity contribution in [1.82, 2.24) is 0 Å². The zero-order chi connectivity index (χ0) is 17.8. The molecule has 0 amide bonds. The Bertz CT molecular complexity index is 549. The Hall–Kier alpha value is -1.38. The molecular formula is C20H28O3Se. The molecule has 0 saturated carbocycles. The molecule has 0 fully saturated rings. The van der Waals surface area contributed by atoms with E-state index >= 15 is 0 Å². The Morgan fingerprint density at radius 2 is 1.67 bits per heavy atom. The van der Waals surface area contributed by atoms with E-state index in [4.69, 9.17) is 4.74 Å². The normalized spacial score (nSPS) is 11.8. The zero-order valence-electron chi connectivity index (χ0n) is 15.0. The van der Waals surface area contributed by atoms with Gasteiger partial charge in [-0.25, -0.2) is 0 Å². The van der Waals surface area contributed by atoms with Crippen LogP contribution in [-0.2, 0) is 14.3 Å². The number of hydrogen-bond donors (Lipinski definition) is 0. The van der Waals surface area contributed by atoms with Crippen LogP contribution in [0.25, 0.3) is 0 Å². The van der Waals surface area contributed by atoms with Crippen LogP contribution in [-0.4, -0.2) is 33.3 Å². The predicted octanol–water partition coefficient (Wildman–Crippen LogP) is 3.78. The molecule has 0 aromatic heterocycles. The molecule has 0 radical (unpaired) electrons. The molecule has 0 heterocycles. The molecule has 0 aliphatic heterocycles. The van der Waals surface area contributed by atoms with Crippen molar-refractivity contribution in [2.45, 2.75) is 59.3 Å². The van der Waals surface area contributed by atoms with Crippen LogP contribution in [0.4, 0.5) is 0 Å².